The summed E-state index contributed by atoms with van der Waals surface area (Å²) in [6.45, 7) is 0.708. The van der Waals surface area contributed by atoms with Crippen LogP contribution in [0, 0.1) is 0 Å². The first kappa shape index (κ1) is 13.0. The SMILES string of the molecule is COC(CCNc1ccccc1)(OC)OC. The molecule has 0 spiro atoms. The molecule has 1 N–H and O–H groups in total. The van der Waals surface area contributed by atoms with Gasteiger partial charge >= 0.3 is 0 Å². The normalized spacial score (nSPS) is 11.4. The third kappa shape index (κ3) is 3.48. The molecule has 4 heteroatoms. The molecule has 0 aromatic heterocycles. The summed E-state index contributed by atoms with van der Waals surface area (Å²) < 4.78 is 15.6. The van der Waals surface area contributed by atoms with Crippen LogP contribution in [0.4, 0.5) is 5.69 Å². The molecule has 16 heavy (non-hydrogen) atoms. The molecule has 0 saturated carbocycles. The molecule has 90 valence electrons. The van der Waals surface area contributed by atoms with Gasteiger partial charge in [0, 0.05) is 40.0 Å². The number of rotatable bonds is 7. The van der Waals surface area contributed by atoms with Gasteiger partial charge in [-0.3, -0.25) is 0 Å². The Balaban J connectivity index is 2.39. The van der Waals surface area contributed by atoms with Gasteiger partial charge in [-0.1, -0.05) is 18.2 Å². The van der Waals surface area contributed by atoms with E-state index in [1.807, 2.05) is 30.3 Å². The highest BCUT2D eigenvalue weighted by Crippen LogP contribution is 2.17. The van der Waals surface area contributed by atoms with Crippen LogP contribution in [0.5, 0.6) is 0 Å². The van der Waals surface area contributed by atoms with Crippen LogP contribution < -0.4 is 5.32 Å². The van der Waals surface area contributed by atoms with E-state index in [4.69, 9.17) is 14.2 Å². The predicted octanol–water partition coefficient (Wildman–Crippen LogP) is 2.08. The third-order valence-corrected chi connectivity index (χ3v) is 2.47. The van der Waals surface area contributed by atoms with Gasteiger partial charge < -0.3 is 19.5 Å². The van der Waals surface area contributed by atoms with Crippen LogP contribution in [0.3, 0.4) is 0 Å². The summed E-state index contributed by atoms with van der Waals surface area (Å²) in [6.07, 6.45) is 0.603. The number of para-hydroxylation sites is 1. The van der Waals surface area contributed by atoms with Crippen molar-refractivity contribution in [3.8, 4) is 0 Å². The fourth-order valence-corrected chi connectivity index (χ4v) is 1.47. The van der Waals surface area contributed by atoms with Gasteiger partial charge in [0.25, 0.3) is 5.97 Å². The van der Waals surface area contributed by atoms with Crippen LogP contribution in [0.15, 0.2) is 30.3 Å². The Hall–Kier alpha value is -1.10. The Morgan fingerprint density at radius 1 is 1.00 bits per heavy atom. The fourth-order valence-electron chi connectivity index (χ4n) is 1.47. The number of nitrogens with one attached hydrogen (secondary N) is 1. The van der Waals surface area contributed by atoms with Crippen LogP contribution in [-0.4, -0.2) is 33.8 Å². The Morgan fingerprint density at radius 3 is 2.06 bits per heavy atom. The van der Waals surface area contributed by atoms with E-state index in [0.717, 1.165) is 5.69 Å². The maximum absolute atomic E-state index is 5.19. The van der Waals surface area contributed by atoms with Crippen molar-refractivity contribution >= 4 is 5.69 Å². The predicted molar refractivity (Wildman–Crippen MR) is 63.3 cm³/mol. The van der Waals surface area contributed by atoms with Crippen LogP contribution in [0.25, 0.3) is 0 Å². The average molecular weight is 225 g/mol. The first-order chi connectivity index (χ1) is 7.76. The summed E-state index contributed by atoms with van der Waals surface area (Å²) in [7, 11) is 4.69. The van der Waals surface area contributed by atoms with Crippen molar-refractivity contribution in [1.29, 1.82) is 0 Å². The number of hydrogen-bond donors (Lipinski definition) is 1. The molecule has 0 atom stereocenters. The third-order valence-electron chi connectivity index (χ3n) is 2.47. The molecular weight excluding hydrogens is 206 g/mol. The molecule has 0 saturated heterocycles. The molecule has 1 rings (SSSR count). The van der Waals surface area contributed by atoms with E-state index in [1.54, 1.807) is 21.3 Å². The number of anilines is 1. The number of ether oxygens (including phenoxy) is 3. The molecule has 0 unspecified atom stereocenters. The van der Waals surface area contributed by atoms with E-state index in [1.165, 1.54) is 0 Å². The van der Waals surface area contributed by atoms with Gasteiger partial charge in [0.1, 0.15) is 0 Å². The molecule has 1 aromatic rings. The van der Waals surface area contributed by atoms with Crippen molar-refractivity contribution in [2.45, 2.75) is 12.4 Å². The zero-order valence-corrected chi connectivity index (χ0v) is 10.0. The minimum atomic E-state index is -0.957. The highest BCUT2D eigenvalue weighted by atomic mass is 16.9. The topological polar surface area (TPSA) is 39.7 Å². The molecule has 0 radical (unpaired) electrons. The first-order valence-electron chi connectivity index (χ1n) is 5.20. The lowest BCUT2D eigenvalue weighted by Crippen LogP contribution is -2.37. The van der Waals surface area contributed by atoms with Crippen molar-refractivity contribution in [2.75, 3.05) is 33.2 Å². The monoisotopic (exact) mass is 225 g/mol. The maximum atomic E-state index is 5.19. The van der Waals surface area contributed by atoms with E-state index in [0.29, 0.717) is 13.0 Å². The fraction of sp³-hybridized carbons (Fsp3) is 0.500. The molecule has 4 nitrogen and oxygen atoms in total. The Labute approximate surface area is 96.5 Å². The molecule has 0 amide bonds. The lowest BCUT2D eigenvalue weighted by Gasteiger charge is -2.28. The Kier molecular flexibility index (Phi) is 5.25. The summed E-state index contributed by atoms with van der Waals surface area (Å²) in [5.74, 6) is -0.957. The Bertz CT molecular complexity index is 277. The molecule has 0 heterocycles. The Morgan fingerprint density at radius 2 is 1.56 bits per heavy atom. The van der Waals surface area contributed by atoms with E-state index in [-0.39, 0.29) is 0 Å². The summed E-state index contributed by atoms with van der Waals surface area (Å²) >= 11 is 0. The van der Waals surface area contributed by atoms with Crippen LogP contribution in [0.2, 0.25) is 0 Å². The van der Waals surface area contributed by atoms with Gasteiger partial charge in [0.15, 0.2) is 0 Å². The smallest absolute Gasteiger partial charge is 0.283 e. The average Bonchev–Trinajstić information content (AvgIpc) is 2.37. The summed E-state index contributed by atoms with van der Waals surface area (Å²) in [5.41, 5.74) is 1.07. The lowest BCUT2D eigenvalue weighted by atomic mass is 10.3. The van der Waals surface area contributed by atoms with Gasteiger partial charge in [-0.2, -0.15) is 0 Å². The van der Waals surface area contributed by atoms with Crippen LogP contribution in [0.1, 0.15) is 6.42 Å². The molecule has 1 aromatic carbocycles. The summed E-state index contributed by atoms with van der Waals surface area (Å²) in [6, 6.07) is 9.97. The van der Waals surface area contributed by atoms with E-state index in [2.05, 4.69) is 5.32 Å². The summed E-state index contributed by atoms with van der Waals surface area (Å²) in [5, 5.41) is 3.26. The molecule has 0 bridgehead atoms. The van der Waals surface area contributed by atoms with E-state index in [9.17, 15) is 0 Å². The molecule has 0 aliphatic carbocycles. The minimum absolute atomic E-state index is 0.603. The maximum Gasteiger partial charge on any atom is 0.283 e. The quantitative estimate of drug-likeness (QED) is 0.721. The van der Waals surface area contributed by atoms with Crippen LogP contribution >= 0.6 is 0 Å². The van der Waals surface area contributed by atoms with Crippen molar-refractivity contribution < 1.29 is 14.2 Å². The number of methoxy groups -OCH3 is 3. The van der Waals surface area contributed by atoms with Gasteiger partial charge in [-0.15, -0.1) is 0 Å². The minimum Gasteiger partial charge on any atom is -0.385 e. The molecule has 0 aliphatic rings. The molecule has 0 aliphatic heterocycles. The molecule has 0 fully saturated rings. The lowest BCUT2D eigenvalue weighted by molar-refractivity contribution is -0.353. The second-order valence-corrected chi connectivity index (χ2v) is 3.34. The zero-order valence-electron chi connectivity index (χ0n) is 10.0. The zero-order chi connectivity index (χ0) is 11.9. The van der Waals surface area contributed by atoms with E-state index >= 15 is 0 Å². The van der Waals surface area contributed by atoms with Crippen molar-refractivity contribution in [2.24, 2.45) is 0 Å². The van der Waals surface area contributed by atoms with E-state index < -0.39 is 5.97 Å². The first-order valence-corrected chi connectivity index (χ1v) is 5.20. The second-order valence-electron chi connectivity index (χ2n) is 3.34. The highest BCUT2D eigenvalue weighted by molar-refractivity contribution is 5.42. The van der Waals surface area contributed by atoms with Crippen molar-refractivity contribution in [3.63, 3.8) is 0 Å². The van der Waals surface area contributed by atoms with Crippen molar-refractivity contribution in [3.05, 3.63) is 30.3 Å². The highest BCUT2D eigenvalue weighted by Gasteiger charge is 2.28. The number of hydrogen-bond acceptors (Lipinski definition) is 4. The summed E-state index contributed by atoms with van der Waals surface area (Å²) in [4.78, 5) is 0. The van der Waals surface area contributed by atoms with Gasteiger partial charge in [-0.05, 0) is 12.1 Å². The largest absolute Gasteiger partial charge is 0.385 e. The molecular formula is C12H19NO3. The van der Waals surface area contributed by atoms with Crippen LogP contribution in [-0.2, 0) is 14.2 Å². The van der Waals surface area contributed by atoms with Crippen molar-refractivity contribution in [1.82, 2.24) is 0 Å². The van der Waals surface area contributed by atoms with Gasteiger partial charge in [-0.25, -0.2) is 0 Å². The second kappa shape index (κ2) is 6.48. The standard InChI is InChI=1S/C12H19NO3/c1-14-12(15-2,16-3)9-10-13-11-7-5-4-6-8-11/h4-8,13H,9-10H2,1-3H3. The van der Waals surface area contributed by atoms with Gasteiger partial charge in [0.05, 0.1) is 0 Å². The number of benzene rings is 1. The van der Waals surface area contributed by atoms with Gasteiger partial charge in [0.2, 0.25) is 0 Å².